The van der Waals surface area contributed by atoms with E-state index in [4.69, 9.17) is 14.2 Å². The SMILES string of the molecule is COc1ccc(CCNC(=O)c2ccc(S(=O)(=O)N3CCOCC3)cc2)cc1OC. The third kappa shape index (κ3) is 5.10. The molecule has 1 fully saturated rings. The number of amides is 1. The summed E-state index contributed by atoms with van der Waals surface area (Å²) in [6, 6.07) is 11.6. The minimum absolute atomic E-state index is 0.172. The fourth-order valence-electron chi connectivity index (χ4n) is 3.17. The van der Waals surface area contributed by atoms with Gasteiger partial charge in [-0.05, 0) is 48.4 Å². The van der Waals surface area contributed by atoms with Crippen LogP contribution in [0.5, 0.6) is 11.5 Å². The van der Waals surface area contributed by atoms with E-state index in [1.54, 1.807) is 14.2 Å². The van der Waals surface area contributed by atoms with Crippen LogP contribution >= 0.6 is 0 Å². The molecule has 0 atom stereocenters. The number of nitrogens with one attached hydrogen (secondary N) is 1. The van der Waals surface area contributed by atoms with Crippen LogP contribution in [0.15, 0.2) is 47.4 Å². The Morgan fingerprint density at radius 3 is 2.33 bits per heavy atom. The van der Waals surface area contributed by atoms with E-state index in [-0.39, 0.29) is 10.8 Å². The number of rotatable bonds is 8. The van der Waals surface area contributed by atoms with Crippen molar-refractivity contribution in [1.82, 2.24) is 9.62 Å². The summed E-state index contributed by atoms with van der Waals surface area (Å²) in [6.07, 6.45) is 0.621. The third-order valence-corrected chi connectivity index (χ3v) is 6.78. The molecule has 1 saturated heterocycles. The lowest BCUT2D eigenvalue weighted by Crippen LogP contribution is -2.40. The Hall–Kier alpha value is -2.62. The first-order valence-electron chi connectivity index (χ1n) is 9.63. The van der Waals surface area contributed by atoms with Gasteiger partial charge in [-0.3, -0.25) is 4.79 Å². The summed E-state index contributed by atoms with van der Waals surface area (Å²) in [5.41, 5.74) is 1.41. The highest BCUT2D eigenvalue weighted by Gasteiger charge is 2.26. The zero-order chi connectivity index (χ0) is 21.6. The highest BCUT2D eigenvalue weighted by molar-refractivity contribution is 7.89. The molecule has 0 aromatic heterocycles. The number of methoxy groups -OCH3 is 2. The van der Waals surface area contributed by atoms with Crippen LogP contribution in [0.3, 0.4) is 0 Å². The lowest BCUT2D eigenvalue weighted by molar-refractivity contribution is 0.0730. The topological polar surface area (TPSA) is 94.2 Å². The van der Waals surface area contributed by atoms with Crippen LogP contribution in [0.2, 0.25) is 0 Å². The Labute approximate surface area is 176 Å². The predicted octanol–water partition coefficient (Wildman–Crippen LogP) is 1.70. The molecule has 0 bridgehead atoms. The molecule has 1 aliphatic rings. The van der Waals surface area contributed by atoms with E-state index in [9.17, 15) is 13.2 Å². The van der Waals surface area contributed by atoms with Crippen LogP contribution in [0.1, 0.15) is 15.9 Å². The predicted molar refractivity (Wildman–Crippen MR) is 112 cm³/mol. The average molecular weight is 435 g/mol. The van der Waals surface area contributed by atoms with Crippen LogP contribution in [0.4, 0.5) is 0 Å². The molecule has 2 aromatic carbocycles. The van der Waals surface area contributed by atoms with Gasteiger partial charge in [-0.25, -0.2) is 8.42 Å². The maximum Gasteiger partial charge on any atom is 0.251 e. The lowest BCUT2D eigenvalue weighted by Gasteiger charge is -2.26. The molecule has 0 radical (unpaired) electrons. The molecule has 0 saturated carbocycles. The van der Waals surface area contributed by atoms with Crippen LogP contribution in [0.25, 0.3) is 0 Å². The molecule has 1 amide bonds. The van der Waals surface area contributed by atoms with Crippen molar-refractivity contribution in [2.75, 3.05) is 47.1 Å². The minimum Gasteiger partial charge on any atom is -0.493 e. The van der Waals surface area contributed by atoms with Crippen molar-refractivity contribution in [3.05, 3.63) is 53.6 Å². The van der Waals surface area contributed by atoms with E-state index in [0.29, 0.717) is 56.3 Å². The largest absolute Gasteiger partial charge is 0.493 e. The second-order valence-electron chi connectivity index (χ2n) is 6.74. The average Bonchev–Trinajstić information content (AvgIpc) is 2.79. The standard InChI is InChI=1S/C21H26N2O6S/c1-27-19-8-3-16(15-20(19)28-2)9-10-22-21(24)17-4-6-18(7-5-17)30(25,26)23-11-13-29-14-12-23/h3-8,15H,9-14H2,1-2H3,(H,22,24). The first kappa shape index (κ1) is 22.1. The molecule has 0 unspecified atom stereocenters. The number of sulfonamides is 1. The Balaban J connectivity index is 1.57. The van der Waals surface area contributed by atoms with Crippen LogP contribution in [-0.2, 0) is 21.2 Å². The molecule has 0 spiro atoms. The van der Waals surface area contributed by atoms with E-state index in [2.05, 4.69) is 5.32 Å². The fourth-order valence-corrected chi connectivity index (χ4v) is 4.58. The summed E-state index contributed by atoms with van der Waals surface area (Å²) in [5, 5.41) is 2.85. The van der Waals surface area contributed by atoms with Crippen molar-refractivity contribution in [3.63, 3.8) is 0 Å². The van der Waals surface area contributed by atoms with Crippen molar-refractivity contribution >= 4 is 15.9 Å². The first-order chi connectivity index (χ1) is 14.5. The summed E-state index contributed by atoms with van der Waals surface area (Å²) in [4.78, 5) is 12.6. The monoisotopic (exact) mass is 434 g/mol. The van der Waals surface area contributed by atoms with Crippen LogP contribution in [-0.4, -0.2) is 65.7 Å². The first-order valence-corrected chi connectivity index (χ1v) is 11.1. The number of hydrogen-bond acceptors (Lipinski definition) is 6. The van der Waals surface area contributed by atoms with Crippen molar-refractivity contribution in [2.24, 2.45) is 0 Å². The van der Waals surface area contributed by atoms with Gasteiger partial charge in [0.05, 0.1) is 32.3 Å². The number of hydrogen-bond donors (Lipinski definition) is 1. The van der Waals surface area contributed by atoms with E-state index in [0.717, 1.165) is 5.56 Å². The van der Waals surface area contributed by atoms with Gasteiger partial charge in [0.15, 0.2) is 11.5 Å². The van der Waals surface area contributed by atoms with Gasteiger partial charge in [0, 0.05) is 25.2 Å². The number of ether oxygens (including phenoxy) is 3. The van der Waals surface area contributed by atoms with Gasteiger partial charge in [-0.2, -0.15) is 4.31 Å². The molecule has 0 aliphatic carbocycles. The van der Waals surface area contributed by atoms with E-state index < -0.39 is 10.0 Å². The molecule has 8 nitrogen and oxygen atoms in total. The third-order valence-electron chi connectivity index (χ3n) is 4.87. The molecule has 30 heavy (non-hydrogen) atoms. The summed E-state index contributed by atoms with van der Waals surface area (Å²) in [5.74, 6) is 1.03. The Morgan fingerprint density at radius 2 is 1.70 bits per heavy atom. The van der Waals surface area contributed by atoms with Gasteiger partial charge in [-0.15, -0.1) is 0 Å². The Morgan fingerprint density at radius 1 is 1.03 bits per heavy atom. The molecular weight excluding hydrogens is 408 g/mol. The van der Waals surface area contributed by atoms with E-state index in [1.165, 1.54) is 28.6 Å². The van der Waals surface area contributed by atoms with Crippen molar-refractivity contribution < 1.29 is 27.4 Å². The van der Waals surface area contributed by atoms with Gasteiger partial charge in [0.25, 0.3) is 5.91 Å². The fraction of sp³-hybridized carbons (Fsp3) is 0.381. The molecule has 1 heterocycles. The Bertz CT molecular complexity index is 969. The van der Waals surface area contributed by atoms with E-state index in [1.807, 2.05) is 18.2 Å². The van der Waals surface area contributed by atoms with Gasteiger partial charge < -0.3 is 19.5 Å². The number of benzene rings is 2. The minimum atomic E-state index is -3.57. The highest BCUT2D eigenvalue weighted by Crippen LogP contribution is 2.27. The van der Waals surface area contributed by atoms with Gasteiger partial charge in [-0.1, -0.05) is 6.07 Å². The van der Waals surface area contributed by atoms with E-state index >= 15 is 0 Å². The second-order valence-corrected chi connectivity index (χ2v) is 8.67. The molecule has 162 valence electrons. The van der Waals surface area contributed by atoms with Gasteiger partial charge in [0.2, 0.25) is 10.0 Å². The maximum absolute atomic E-state index is 12.6. The van der Waals surface area contributed by atoms with Crippen molar-refractivity contribution in [3.8, 4) is 11.5 Å². The van der Waals surface area contributed by atoms with Gasteiger partial charge in [0.1, 0.15) is 0 Å². The quantitative estimate of drug-likeness (QED) is 0.680. The zero-order valence-electron chi connectivity index (χ0n) is 17.1. The Kier molecular flexibility index (Phi) is 7.30. The number of morpholine rings is 1. The van der Waals surface area contributed by atoms with Crippen molar-refractivity contribution in [1.29, 1.82) is 0 Å². The number of carbonyl (C=O) groups excluding carboxylic acids is 1. The molecular formula is C21H26N2O6S. The molecule has 9 heteroatoms. The molecule has 1 aliphatic heterocycles. The summed E-state index contributed by atoms with van der Waals surface area (Å²) in [7, 11) is -0.416. The smallest absolute Gasteiger partial charge is 0.251 e. The molecule has 2 aromatic rings. The summed E-state index contributed by atoms with van der Waals surface area (Å²) < 4.78 is 42.4. The van der Waals surface area contributed by atoms with Crippen LogP contribution in [0, 0.1) is 0 Å². The number of carbonyl (C=O) groups is 1. The summed E-state index contributed by atoms with van der Waals surface area (Å²) in [6.45, 7) is 1.88. The lowest BCUT2D eigenvalue weighted by atomic mass is 10.1. The highest BCUT2D eigenvalue weighted by atomic mass is 32.2. The second kappa shape index (κ2) is 9.92. The van der Waals surface area contributed by atoms with Gasteiger partial charge >= 0.3 is 0 Å². The summed E-state index contributed by atoms with van der Waals surface area (Å²) >= 11 is 0. The maximum atomic E-state index is 12.6. The van der Waals surface area contributed by atoms with Crippen molar-refractivity contribution in [2.45, 2.75) is 11.3 Å². The number of nitrogens with zero attached hydrogens (tertiary/aromatic N) is 1. The molecule has 3 rings (SSSR count). The molecule has 1 N–H and O–H groups in total. The zero-order valence-corrected chi connectivity index (χ0v) is 17.9. The normalized spacial score (nSPS) is 14.9. The van der Waals surface area contributed by atoms with Crippen LogP contribution < -0.4 is 14.8 Å².